The van der Waals surface area contributed by atoms with E-state index in [9.17, 15) is 4.79 Å². The second-order valence-electron chi connectivity index (χ2n) is 5.97. The number of nitrogens with zero attached hydrogens (tertiary/aromatic N) is 2. The summed E-state index contributed by atoms with van der Waals surface area (Å²) < 4.78 is 5.03. The number of carbonyl (C=O) groups is 1. The zero-order valence-electron chi connectivity index (χ0n) is 15.1. The quantitative estimate of drug-likeness (QED) is 0.695. The van der Waals surface area contributed by atoms with E-state index >= 15 is 0 Å². The van der Waals surface area contributed by atoms with Gasteiger partial charge in [-0.1, -0.05) is 29.0 Å². The summed E-state index contributed by atoms with van der Waals surface area (Å²) >= 11 is 1.29. The molecule has 0 atom stereocenters. The molecule has 0 aliphatic carbocycles. The maximum atomic E-state index is 12.6. The summed E-state index contributed by atoms with van der Waals surface area (Å²) in [6.07, 6.45) is 3.22. The number of hydrogen-bond donors (Lipinski definition) is 2. The average molecular weight is 368 g/mol. The van der Waals surface area contributed by atoms with Crippen molar-refractivity contribution in [3.8, 4) is 5.88 Å². The highest BCUT2D eigenvalue weighted by Crippen LogP contribution is 2.26. The first kappa shape index (κ1) is 17.9. The summed E-state index contributed by atoms with van der Waals surface area (Å²) in [6, 6.07) is 7.70. The third-order valence-electron chi connectivity index (χ3n) is 3.84. The maximum absolute atomic E-state index is 12.6. The van der Waals surface area contributed by atoms with Gasteiger partial charge in [0.25, 0.3) is 5.91 Å². The van der Waals surface area contributed by atoms with Crippen LogP contribution in [0.4, 0.5) is 16.5 Å². The van der Waals surface area contributed by atoms with Crippen LogP contribution >= 0.6 is 11.3 Å². The van der Waals surface area contributed by atoms with Crippen molar-refractivity contribution in [3.05, 3.63) is 58.2 Å². The Morgan fingerprint density at radius 2 is 1.81 bits per heavy atom. The van der Waals surface area contributed by atoms with E-state index in [2.05, 4.69) is 32.7 Å². The zero-order chi connectivity index (χ0) is 18.7. The molecule has 134 valence electrons. The molecule has 0 saturated heterocycles. The number of anilines is 3. The molecule has 0 spiro atoms. The Morgan fingerprint density at radius 1 is 1.08 bits per heavy atom. The summed E-state index contributed by atoms with van der Waals surface area (Å²) in [5.74, 6) is 0.372. The van der Waals surface area contributed by atoms with E-state index in [1.54, 1.807) is 25.6 Å². The molecule has 0 aliphatic heterocycles. The number of rotatable bonds is 5. The van der Waals surface area contributed by atoms with Crippen LogP contribution in [0.5, 0.6) is 5.88 Å². The van der Waals surface area contributed by atoms with E-state index in [1.807, 2.05) is 26.8 Å². The highest BCUT2D eigenvalue weighted by atomic mass is 32.1. The number of thiazole rings is 1. The lowest BCUT2D eigenvalue weighted by molar-refractivity contribution is 0.103. The highest BCUT2D eigenvalue weighted by Gasteiger charge is 2.14. The lowest BCUT2D eigenvalue weighted by atomic mass is 10.1. The van der Waals surface area contributed by atoms with E-state index in [0.29, 0.717) is 15.9 Å². The molecule has 0 unspecified atom stereocenters. The lowest BCUT2D eigenvalue weighted by Gasteiger charge is -2.12. The van der Waals surface area contributed by atoms with Crippen LogP contribution in [0.3, 0.4) is 0 Å². The van der Waals surface area contributed by atoms with Crippen LogP contribution < -0.4 is 15.4 Å². The second kappa shape index (κ2) is 7.53. The predicted octanol–water partition coefficient (Wildman–Crippen LogP) is 4.47. The minimum absolute atomic E-state index is 0.168. The number of amides is 1. The van der Waals surface area contributed by atoms with E-state index in [-0.39, 0.29) is 5.91 Å². The molecular formula is C19H20N4O2S. The minimum atomic E-state index is -0.168. The van der Waals surface area contributed by atoms with Crippen molar-refractivity contribution in [3.63, 3.8) is 0 Å². The van der Waals surface area contributed by atoms with Gasteiger partial charge in [0.05, 0.1) is 25.2 Å². The molecule has 0 fully saturated rings. The Labute approximate surface area is 156 Å². The Morgan fingerprint density at radius 3 is 2.42 bits per heavy atom. The molecule has 0 radical (unpaired) electrons. The van der Waals surface area contributed by atoms with Gasteiger partial charge in [-0.25, -0.2) is 9.97 Å². The number of aryl methyl sites for hydroxylation is 3. The summed E-state index contributed by atoms with van der Waals surface area (Å²) in [4.78, 5) is 21.5. The molecule has 1 aromatic carbocycles. The number of pyridine rings is 1. The Balaban J connectivity index is 1.72. The summed E-state index contributed by atoms with van der Waals surface area (Å²) in [6.45, 7) is 6.03. The number of nitrogens with one attached hydrogen (secondary N) is 2. The smallest absolute Gasteiger partial charge is 0.267 e. The standard InChI is InChI=1S/C19H20N4O2S/c1-11-7-12(2)17(13(3)8-11)23-18(24)15-10-21-19(26-15)22-14-5-6-16(25-4)20-9-14/h5-10H,1-4H3,(H,21,22)(H,23,24). The van der Waals surface area contributed by atoms with Gasteiger partial charge in [0, 0.05) is 11.8 Å². The fourth-order valence-corrected chi connectivity index (χ4v) is 3.42. The van der Waals surface area contributed by atoms with Gasteiger partial charge in [0.1, 0.15) is 4.88 Å². The summed E-state index contributed by atoms with van der Waals surface area (Å²) in [5, 5.41) is 6.75. The molecule has 2 N–H and O–H groups in total. The fraction of sp³-hybridized carbons (Fsp3) is 0.211. The zero-order valence-corrected chi connectivity index (χ0v) is 15.9. The van der Waals surface area contributed by atoms with Crippen LogP contribution in [-0.4, -0.2) is 23.0 Å². The Bertz CT molecular complexity index is 912. The SMILES string of the molecule is COc1ccc(Nc2ncc(C(=O)Nc3c(C)cc(C)cc3C)s2)cn1. The molecule has 3 aromatic rings. The van der Waals surface area contributed by atoms with E-state index < -0.39 is 0 Å². The van der Waals surface area contributed by atoms with Gasteiger partial charge in [-0.15, -0.1) is 0 Å². The number of carbonyl (C=O) groups excluding carboxylic acids is 1. The van der Waals surface area contributed by atoms with Gasteiger partial charge in [0.15, 0.2) is 5.13 Å². The first-order valence-corrected chi connectivity index (χ1v) is 8.90. The van der Waals surface area contributed by atoms with Crippen LogP contribution in [-0.2, 0) is 0 Å². The van der Waals surface area contributed by atoms with Crippen molar-refractivity contribution in [2.45, 2.75) is 20.8 Å². The Hall–Kier alpha value is -2.93. The van der Waals surface area contributed by atoms with Gasteiger partial charge in [-0.2, -0.15) is 0 Å². The van der Waals surface area contributed by atoms with Crippen molar-refractivity contribution in [2.24, 2.45) is 0 Å². The lowest BCUT2D eigenvalue weighted by Crippen LogP contribution is -2.12. The first-order valence-electron chi connectivity index (χ1n) is 8.08. The normalized spacial score (nSPS) is 10.5. The molecular weight excluding hydrogens is 348 g/mol. The van der Waals surface area contributed by atoms with Crippen LogP contribution in [0.25, 0.3) is 0 Å². The van der Waals surface area contributed by atoms with Gasteiger partial charge in [-0.3, -0.25) is 4.79 Å². The minimum Gasteiger partial charge on any atom is -0.481 e. The molecule has 26 heavy (non-hydrogen) atoms. The molecule has 2 aromatic heterocycles. The molecule has 0 saturated carbocycles. The van der Waals surface area contributed by atoms with Crippen LogP contribution in [0.2, 0.25) is 0 Å². The van der Waals surface area contributed by atoms with E-state index in [4.69, 9.17) is 4.74 Å². The Kier molecular flexibility index (Phi) is 5.18. The summed E-state index contributed by atoms with van der Waals surface area (Å²) in [5.41, 5.74) is 4.89. The molecule has 1 amide bonds. The van der Waals surface area contributed by atoms with Crippen LogP contribution in [0, 0.1) is 20.8 Å². The van der Waals surface area contributed by atoms with Crippen molar-refractivity contribution >= 4 is 33.8 Å². The van der Waals surface area contributed by atoms with Crippen molar-refractivity contribution < 1.29 is 9.53 Å². The van der Waals surface area contributed by atoms with Gasteiger partial charge in [-0.05, 0) is 38.0 Å². The molecule has 0 aliphatic rings. The van der Waals surface area contributed by atoms with E-state index in [0.717, 1.165) is 22.5 Å². The van der Waals surface area contributed by atoms with Gasteiger partial charge < -0.3 is 15.4 Å². The largest absolute Gasteiger partial charge is 0.481 e. The van der Waals surface area contributed by atoms with Crippen molar-refractivity contribution in [1.29, 1.82) is 0 Å². The number of ether oxygens (including phenoxy) is 1. The van der Waals surface area contributed by atoms with E-state index in [1.165, 1.54) is 16.9 Å². The molecule has 2 heterocycles. The van der Waals surface area contributed by atoms with Gasteiger partial charge >= 0.3 is 0 Å². The predicted molar refractivity (Wildman–Crippen MR) is 105 cm³/mol. The number of aromatic nitrogens is 2. The monoisotopic (exact) mass is 368 g/mol. The van der Waals surface area contributed by atoms with Crippen LogP contribution in [0.1, 0.15) is 26.4 Å². The molecule has 0 bridgehead atoms. The maximum Gasteiger partial charge on any atom is 0.267 e. The van der Waals surface area contributed by atoms with Gasteiger partial charge in [0.2, 0.25) is 5.88 Å². The molecule has 6 nitrogen and oxygen atoms in total. The number of hydrogen-bond acceptors (Lipinski definition) is 6. The first-order chi connectivity index (χ1) is 12.5. The fourth-order valence-electron chi connectivity index (χ4n) is 2.69. The van der Waals surface area contributed by atoms with Crippen molar-refractivity contribution in [1.82, 2.24) is 9.97 Å². The highest BCUT2D eigenvalue weighted by molar-refractivity contribution is 7.17. The topological polar surface area (TPSA) is 76.1 Å². The summed E-state index contributed by atoms with van der Waals surface area (Å²) in [7, 11) is 1.57. The van der Waals surface area contributed by atoms with Crippen molar-refractivity contribution in [2.75, 3.05) is 17.7 Å². The molecule has 7 heteroatoms. The second-order valence-corrected chi connectivity index (χ2v) is 7.00. The van der Waals surface area contributed by atoms with Crippen LogP contribution in [0.15, 0.2) is 36.7 Å². The third-order valence-corrected chi connectivity index (χ3v) is 4.75. The number of methoxy groups -OCH3 is 1. The molecule has 3 rings (SSSR count). The third kappa shape index (κ3) is 4.00. The average Bonchev–Trinajstić information content (AvgIpc) is 3.07. The number of benzene rings is 1.